The Morgan fingerprint density at radius 3 is 2.57 bits per heavy atom. The van der Waals surface area contributed by atoms with E-state index in [4.69, 9.17) is 16.3 Å². The van der Waals surface area contributed by atoms with Gasteiger partial charge in [-0.15, -0.1) is 0 Å². The normalized spacial score (nSPS) is 26.7. The second kappa shape index (κ2) is 9.15. The fraction of sp³-hybridized carbons (Fsp3) is 0.696. The zero-order valence-electron chi connectivity index (χ0n) is 16.8. The van der Waals surface area contributed by atoms with E-state index >= 15 is 0 Å². The Kier molecular flexibility index (Phi) is 6.59. The predicted molar refractivity (Wildman–Crippen MR) is 113 cm³/mol. The molecule has 1 N–H and O–H groups in total. The zero-order chi connectivity index (χ0) is 19.4. The number of nitrogens with zero attached hydrogens (tertiary/aromatic N) is 1. The van der Waals surface area contributed by atoms with Crippen LogP contribution in [0.5, 0.6) is 0 Å². The molecule has 1 atom stereocenters. The molecule has 0 spiro atoms. The summed E-state index contributed by atoms with van der Waals surface area (Å²) in [6.07, 6.45) is 10.4. The predicted octanol–water partition coefficient (Wildman–Crippen LogP) is 4.30. The Labute approximate surface area is 174 Å². The van der Waals surface area contributed by atoms with E-state index < -0.39 is 5.41 Å². The quantitative estimate of drug-likeness (QED) is 0.813. The number of hydrogen-bond donors (Lipinski definition) is 1. The SMILES string of the molecule is O=C(NC1CCCN(C2CCCCC2)C1)C1(c2ccccc2Cl)CCOCC1. The number of carbonyl (C=O) groups excluding carboxylic acids is 1. The van der Waals surface area contributed by atoms with Crippen LogP contribution in [0, 0.1) is 0 Å². The van der Waals surface area contributed by atoms with Crippen molar-refractivity contribution in [2.45, 2.75) is 75.3 Å². The van der Waals surface area contributed by atoms with Crippen LogP contribution in [0.2, 0.25) is 5.02 Å². The summed E-state index contributed by atoms with van der Waals surface area (Å²) in [7, 11) is 0. The van der Waals surface area contributed by atoms with Gasteiger partial charge in [-0.05, 0) is 56.7 Å². The van der Waals surface area contributed by atoms with E-state index in [0.717, 1.165) is 18.5 Å². The fourth-order valence-electron chi connectivity index (χ4n) is 5.41. The molecule has 28 heavy (non-hydrogen) atoms. The molecular formula is C23H33ClN2O2. The molecule has 4 nitrogen and oxygen atoms in total. The molecule has 3 fully saturated rings. The van der Waals surface area contributed by atoms with E-state index in [1.165, 1.54) is 45.1 Å². The average Bonchev–Trinajstić information content (AvgIpc) is 2.75. The van der Waals surface area contributed by atoms with Crippen molar-refractivity contribution in [1.82, 2.24) is 10.2 Å². The van der Waals surface area contributed by atoms with Gasteiger partial charge in [0.1, 0.15) is 0 Å². The molecule has 1 aliphatic carbocycles. The van der Waals surface area contributed by atoms with E-state index in [1.807, 2.05) is 24.3 Å². The number of likely N-dealkylation sites (tertiary alicyclic amines) is 1. The summed E-state index contributed by atoms with van der Waals surface area (Å²) in [5.41, 5.74) is 0.390. The Balaban J connectivity index is 1.47. The van der Waals surface area contributed by atoms with Crippen LogP contribution in [0.15, 0.2) is 24.3 Å². The molecule has 2 saturated heterocycles. The standard InChI is InChI=1S/C23H33ClN2O2/c24-21-11-5-4-10-20(21)23(12-15-28-16-13-23)22(27)25-18-7-6-14-26(17-18)19-8-2-1-3-9-19/h4-5,10-11,18-19H,1-3,6-9,12-17H2,(H,25,27). The van der Waals surface area contributed by atoms with Gasteiger partial charge >= 0.3 is 0 Å². The molecule has 2 heterocycles. The smallest absolute Gasteiger partial charge is 0.231 e. The van der Waals surface area contributed by atoms with Gasteiger partial charge in [0.15, 0.2) is 0 Å². The highest BCUT2D eigenvalue weighted by Crippen LogP contribution is 2.39. The second-order valence-corrected chi connectivity index (χ2v) is 9.18. The maximum atomic E-state index is 13.6. The Bertz CT molecular complexity index is 668. The molecule has 4 rings (SSSR count). The summed E-state index contributed by atoms with van der Waals surface area (Å²) < 4.78 is 5.59. The number of carbonyl (C=O) groups is 1. The van der Waals surface area contributed by atoms with Crippen molar-refractivity contribution in [3.63, 3.8) is 0 Å². The van der Waals surface area contributed by atoms with Crippen molar-refractivity contribution >= 4 is 17.5 Å². The monoisotopic (exact) mass is 404 g/mol. The summed E-state index contributed by atoms with van der Waals surface area (Å²) in [6.45, 7) is 3.39. The van der Waals surface area contributed by atoms with Crippen LogP contribution in [0.3, 0.4) is 0 Å². The molecule has 3 aliphatic rings. The number of piperidine rings is 1. The number of benzene rings is 1. The van der Waals surface area contributed by atoms with Gasteiger partial charge < -0.3 is 10.1 Å². The van der Waals surface area contributed by atoms with Gasteiger partial charge in [0, 0.05) is 36.9 Å². The van der Waals surface area contributed by atoms with Crippen LogP contribution in [-0.4, -0.2) is 49.2 Å². The molecule has 1 amide bonds. The number of ether oxygens (including phenoxy) is 1. The largest absolute Gasteiger partial charge is 0.381 e. The summed E-state index contributed by atoms with van der Waals surface area (Å²) >= 11 is 6.53. The topological polar surface area (TPSA) is 41.6 Å². The minimum Gasteiger partial charge on any atom is -0.381 e. The molecular weight excluding hydrogens is 372 g/mol. The van der Waals surface area contributed by atoms with Gasteiger partial charge in [-0.25, -0.2) is 0 Å². The van der Waals surface area contributed by atoms with Gasteiger partial charge in [-0.2, -0.15) is 0 Å². The molecule has 154 valence electrons. The lowest BCUT2D eigenvalue weighted by atomic mass is 9.73. The summed E-state index contributed by atoms with van der Waals surface area (Å²) in [5.74, 6) is 0.138. The minimum absolute atomic E-state index is 0.138. The van der Waals surface area contributed by atoms with Crippen LogP contribution < -0.4 is 5.32 Å². The summed E-state index contributed by atoms with van der Waals surface area (Å²) in [4.78, 5) is 16.2. The second-order valence-electron chi connectivity index (χ2n) is 8.77. The van der Waals surface area contributed by atoms with E-state index in [-0.39, 0.29) is 11.9 Å². The van der Waals surface area contributed by atoms with Crippen molar-refractivity contribution in [2.75, 3.05) is 26.3 Å². The average molecular weight is 405 g/mol. The summed E-state index contributed by atoms with van der Waals surface area (Å²) in [5, 5.41) is 4.12. The highest BCUT2D eigenvalue weighted by Gasteiger charge is 2.44. The van der Waals surface area contributed by atoms with E-state index in [1.54, 1.807) is 0 Å². The molecule has 0 bridgehead atoms. The van der Waals surface area contributed by atoms with Gasteiger partial charge in [-0.1, -0.05) is 49.1 Å². The van der Waals surface area contributed by atoms with Gasteiger partial charge in [-0.3, -0.25) is 9.69 Å². The third-order valence-corrected chi connectivity index (χ3v) is 7.38. The van der Waals surface area contributed by atoms with Crippen LogP contribution in [-0.2, 0) is 14.9 Å². The van der Waals surface area contributed by atoms with Crippen molar-refractivity contribution in [3.8, 4) is 0 Å². The molecule has 1 aromatic carbocycles. The van der Waals surface area contributed by atoms with Crippen molar-refractivity contribution in [1.29, 1.82) is 0 Å². The maximum Gasteiger partial charge on any atom is 0.231 e. The highest BCUT2D eigenvalue weighted by molar-refractivity contribution is 6.31. The molecule has 5 heteroatoms. The summed E-state index contributed by atoms with van der Waals surface area (Å²) in [6, 6.07) is 8.78. The number of halogens is 1. The molecule has 1 unspecified atom stereocenters. The number of nitrogens with one attached hydrogen (secondary N) is 1. The lowest BCUT2D eigenvalue weighted by Crippen LogP contribution is -2.56. The molecule has 1 saturated carbocycles. The number of amides is 1. The first-order valence-corrected chi connectivity index (χ1v) is 11.4. The third kappa shape index (κ3) is 4.24. The van der Waals surface area contributed by atoms with Crippen molar-refractivity contribution in [2.24, 2.45) is 0 Å². The lowest BCUT2D eigenvalue weighted by Gasteiger charge is -2.42. The number of rotatable bonds is 4. The van der Waals surface area contributed by atoms with E-state index in [9.17, 15) is 4.79 Å². The molecule has 1 aromatic rings. The number of hydrogen-bond acceptors (Lipinski definition) is 3. The first kappa shape index (κ1) is 20.2. The van der Waals surface area contributed by atoms with Gasteiger partial charge in [0.05, 0.1) is 5.41 Å². The Morgan fingerprint density at radius 2 is 1.82 bits per heavy atom. The van der Waals surface area contributed by atoms with E-state index in [2.05, 4.69) is 10.2 Å². The van der Waals surface area contributed by atoms with Crippen molar-refractivity contribution < 1.29 is 9.53 Å². The minimum atomic E-state index is -0.566. The maximum absolute atomic E-state index is 13.6. The van der Waals surface area contributed by atoms with Crippen LogP contribution in [0.25, 0.3) is 0 Å². The van der Waals surface area contributed by atoms with Crippen LogP contribution in [0.1, 0.15) is 63.4 Å². The van der Waals surface area contributed by atoms with E-state index in [0.29, 0.717) is 37.1 Å². The van der Waals surface area contributed by atoms with Gasteiger partial charge in [0.25, 0.3) is 0 Å². The molecule has 0 radical (unpaired) electrons. The van der Waals surface area contributed by atoms with Crippen LogP contribution >= 0.6 is 11.6 Å². The first-order valence-electron chi connectivity index (χ1n) is 11.1. The zero-order valence-corrected chi connectivity index (χ0v) is 17.6. The first-order chi connectivity index (χ1) is 13.7. The molecule has 0 aromatic heterocycles. The van der Waals surface area contributed by atoms with Gasteiger partial charge in [0.2, 0.25) is 5.91 Å². The fourth-order valence-corrected chi connectivity index (χ4v) is 5.73. The molecule has 2 aliphatic heterocycles. The third-order valence-electron chi connectivity index (χ3n) is 7.05. The Hall–Kier alpha value is -1.10. The lowest BCUT2D eigenvalue weighted by molar-refractivity contribution is -0.131. The Morgan fingerprint density at radius 1 is 1.07 bits per heavy atom. The highest BCUT2D eigenvalue weighted by atomic mass is 35.5. The van der Waals surface area contributed by atoms with Crippen molar-refractivity contribution in [3.05, 3.63) is 34.9 Å². The van der Waals surface area contributed by atoms with Crippen LogP contribution in [0.4, 0.5) is 0 Å².